The molecule has 4 nitrogen and oxygen atoms in total. The van der Waals surface area contributed by atoms with Crippen LogP contribution >= 0.6 is 23.2 Å². The summed E-state index contributed by atoms with van der Waals surface area (Å²) in [7, 11) is 5.73. The van der Waals surface area contributed by atoms with Crippen molar-refractivity contribution in [3.63, 3.8) is 0 Å². The highest BCUT2D eigenvalue weighted by molar-refractivity contribution is 6.40. The lowest BCUT2D eigenvalue weighted by Gasteiger charge is -2.42. The third-order valence-electron chi connectivity index (χ3n) is 5.37. The summed E-state index contributed by atoms with van der Waals surface area (Å²) >= 11 is 9.53. The second-order valence-corrected chi connectivity index (χ2v) is 8.20. The molecule has 1 heterocycles. The third-order valence-corrected chi connectivity index (χ3v) is 5.37. The number of hydrogen-bond donors (Lipinski definition) is 1. The van der Waals surface area contributed by atoms with Crippen LogP contribution in [0.1, 0.15) is 62.0 Å². The van der Waals surface area contributed by atoms with E-state index in [1.54, 1.807) is 19.0 Å². The van der Waals surface area contributed by atoms with Crippen molar-refractivity contribution in [2.24, 2.45) is 0 Å². The molecular formula is C26H41Cl2N3O. The molecule has 0 radical (unpaired) electrons. The van der Waals surface area contributed by atoms with E-state index in [-0.39, 0.29) is 16.7 Å². The molecule has 0 bridgehead atoms. The average molecular weight is 483 g/mol. The Morgan fingerprint density at radius 3 is 1.91 bits per heavy atom. The highest BCUT2D eigenvalue weighted by Gasteiger charge is 2.37. The fourth-order valence-electron chi connectivity index (χ4n) is 3.77. The van der Waals surface area contributed by atoms with Crippen molar-refractivity contribution in [2.75, 3.05) is 45.3 Å². The van der Waals surface area contributed by atoms with Crippen LogP contribution in [0.15, 0.2) is 48.5 Å². The van der Waals surface area contributed by atoms with Gasteiger partial charge in [0.2, 0.25) is 0 Å². The molecule has 6 heteroatoms. The van der Waals surface area contributed by atoms with E-state index in [4.69, 9.17) is 28.9 Å². The first-order valence-electron chi connectivity index (χ1n) is 11.3. The van der Waals surface area contributed by atoms with Crippen LogP contribution in [0, 0.1) is 0 Å². The number of alkyl halides is 2. The Hall–Kier alpha value is -1.75. The number of amides is 1. The number of benzene rings is 2. The van der Waals surface area contributed by atoms with Crippen molar-refractivity contribution >= 4 is 34.8 Å². The van der Waals surface area contributed by atoms with Crippen LogP contribution in [-0.4, -0.2) is 55.3 Å². The molecule has 2 N–H and O–H groups in total. The fourth-order valence-corrected chi connectivity index (χ4v) is 3.77. The molecule has 1 amide bonds. The van der Waals surface area contributed by atoms with Crippen LogP contribution in [0.25, 0.3) is 0 Å². The number of likely N-dealkylation sites (tertiary alicyclic amines) is 1. The summed E-state index contributed by atoms with van der Waals surface area (Å²) in [6.07, 6.45) is 2.10. The van der Waals surface area contributed by atoms with Gasteiger partial charge in [0.25, 0.3) is 5.91 Å². The van der Waals surface area contributed by atoms with Crippen molar-refractivity contribution < 1.29 is 4.79 Å². The number of rotatable bonds is 3. The van der Waals surface area contributed by atoms with E-state index in [0.717, 1.165) is 37.2 Å². The largest absolute Gasteiger partial charge is 0.399 e. The lowest BCUT2D eigenvalue weighted by atomic mass is 9.68. The molecule has 2 aromatic rings. The number of carbonyl (C=O) groups excluding carboxylic acids is 1. The zero-order valence-electron chi connectivity index (χ0n) is 20.8. The minimum absolute atomic E-state index is 0.0351. The van der Waals surface area contributed by atoms with Crippen molar-refractivity contribution in [3.05, 3.63) is 65.2 Å². The molecule has 1 aliphatic heterocycles. The van der Waals surface area contributed by atoms with E-state index in [1.807, 2.05) is 52.0 Å². The minimum Gasteiger partial charge on any atom is -0.399 e. The van der Waals surface area contributed by atoms with Gasteiger partial charge in [-0.25, -0.2) is 0 Å². The lowest BCUT2D eigenvalue weighted by molar-refractivity contribution is 0.0827. The second-order valence-electron chi connectivity index (χ2n) is 7.39. The molecule has 0 atom stereocenters. The maximum Gasteiger partial charge on any atom is 0.253 e. The predicted molar refractivity (Wildman–Crippen MR) is 142 cm³/mol. The maximum atomic E-state index is 12.2. The van der Waals surface area contributed by atoms with Crippen LogP contribution in [0.5, 0.6) is 0 Å². The zero-order valence-corrected chi connectivity index (χ0v) is 22.3. The van der Waals surface area contributed by atoms with Gasteiger partial charge in [-0.05, 0) is 68.4 Å². The van der Waals surface area contributed by atoms with Gasteiger partial charge < -0.3 is 15.5 Å². The first-order chi connectivity index (χ1) is 15.3. The summed E-state index contributed by atoms with van der Waals surface area (Å²) in [5.74, 6) is 0.0351. The molecule has 2 aromatic carbocycles. The number of piperidine rings is 1. The maximum absolute atomic E-state index is 12.2. The van der Waals surface area contributed by atoms with Gasteiger partial charge in [0.05, 0.1) is 5.34 Å². The van der Waals surface area contributed by atoms with Crippen molar-refractivity contribution in [1.82, 2.24) is 9.80 Å². The van der Waals surface area contributed by atoms with Crippen molar-refractivity contribution in [3.8, 4) is 0 Å². The van der Waals surface area contributed by atoms with Gasteiger partial charge in [-0.15, -0.1) is 23.2 Å². The van der Waals surface area contributed by atoms with Gasteiger partial charge in [0.15, 0.2) is 0 Å². The number of anilines is 1. The molecule has 0 unspecified atom stereocenters. The fraction of sp³-hybridized carbons (Fsp3) is 0.500. The number of halogens is 2. The predicted octanol–water partition coefficient (Wildman–Crippen LogP) is 6.46. The molecule has 1 saturated heterocycles. The van der Waals surface area contributed by atoms with Gasteiger partial charge in [0.1, 0.15) is 0 Å². The SMILES string of the molecule is CC.CC.CN1CCC(c2ccc(C(=O)N(C)C)cc2)(c2cccc(N)c2)CC1.ClCCl. The molecular weight excluding hydrogens is 441 g/mol. The monoisotopic (exact) mass is 481 g/mol. The number of nitrogens with zero attached hydrogens (tertiary/aromatic N) is 2. The molecule has 180 valence electrons. The molecule has 32 heavy (non-hydrogen) atoms. The lowest BCUT2D eigenvalue weighted by Crippen LogP contribution is -2.41. The Labute approximate surface area is 205 Å². The van der Waals surface area contributed by atoms with E-state index >= 15 is 0 Å². The first kappa shape index (κ1) is 30.2. The van der Waals surface area contributed by atoms with E-state index < -0.39 is 0 Å². The minimum atomic E-state index is -0.0401. The van der Waals surface area contributed by atoms with Crippen LogP contribution in [0.3, 0.4) is 0 Å². The number of nitrogens with two attached hydrogens (primary N) is 1. The summed E-state index contributed by atoms with van der Waals surface area (Å²) in [5, 5.41) is 0.194. The van der Waals surface area contributed by atoms with E-state index in [2.05, 4.69) is 36.2 Å². The zero-order chi connectivity index (χ0) is 24.7. The van der Waals surface area contributed by atoms with Gasteiger partial charge in [0, 0.05) is 30.8 Å². The summed E-state index contributed by atoms with van der Waals surface area (Å²) in [6, 6.07) is 16.4. The Morgan fingerprint density at radius 1 is 0.969 bits per heavy atom. The summed E-state index contributed by atoms with van der Waals surface area (Å²) in [5.41, 5.74) is 10.1. The van der Waals surface area contributed by atoms with Gasteiger partial charge >= 0.3 is 0 Å². The summed E-state index contributed by atoms with van der Waals surface area (Å²) in [4.78, 5) is 16.2. The van der Waals surface area contributed by atoms with E-state index in [1.165, 1.54) is 11.1 Å². The third kappa shape index (κ3) is 8.31. The van der Waals surface area contributed by atoms with Crippen LogP contribution in [0.4, 0.5) is 5.69 Å². The quantitative estimate of drug-likeness (QED) is 0.404. The van der Waals surface area contributed by atoms with Gasteiger partial charge in [-0.2, -0.15) is 0 Å². The molecule has 0 aliphatic carbocycles. The van der Waals surface area contributed by atoms with Crippen LogP contribution in [0.2, 0.25) is 0 Å². The number of carbonyl (C=O) groups is 1. The van der Waals surface area contributed by atoms with E-state index in [9.17, 15) is 4.79 Å². The second kappa shape index (κ2) is 16.0. The Balaban J connectivity index is 0.00000124. The molecule has 0 aromatic heterocycles. The molecule has 3 rings (SSSR count). The highest BCUT2D eigenvalue weighted by Crippen LogP contribution is 2.42. The first-order valence-corrected chi connectivity index (χ1v) is 12.4. The van der Waals surface area contributed by atoms with Crippen LogP contribution < -0.4 is 5.73 Å². The standard InChI is InChI=1S/C21H27N3O.2C2H6.CH2Cl2/c1-23(2)20(25)16-7-9-17(10-8-16)21(11-13-24(3)14-12-21)18-5-4-6-19(22)15-18;2*1-2;2-1-3/h4-10,15H,11-14,22H2,1-3H3;2*1-2H3;1H2. The molecule has 0 spiro atoms. The van der Waals surface area contributed by atoms with Crippen molar-refractivity contribution in [1.29, 1.82) is 0 Å². The summed E-state index contributed by atoms with van der Waals surface area (Å²) < 4.78 is 0. The Kier molecular flexibility index (Phi) is 15.1. The van der Waals surface area contributed by atoms with Gasteiger partial charge in [-0.1, -0.05) is 52.0 Å². The van der Waals surface area contributed by atoms with E-state index in [0.29, 0.717) is 0 Å². The topological polar surface area (TPSA) is 49.6 Å². The Bertz CT molecular complexity index is 771. The smallest absolute Gasteiger partial charge is 0.253 e. The highest BCUT2D eigenvalue weighted by atomic mass is 35.5. The van der Waals surface area contributed by atoms with Crippen molar-refractivity contribution in [2.45, 2.75) is 46.0 Å². The number of nitrogen functional groups attached to an aromatic ring is 1. The molecule has 1 fully saturated rings. The average Bonchev–Trinajstić information content (AvgIpc) is 2.82. The molecule has 0 saturated carbocycles. The molecule has 1 aliphatic rings. The number of hydrogen-bond acceptors (Lipinski definition) is 3. The van der Waals surface area contributed by atoms with Gasteiger partial charge in [-0.3, -0.25) is 4.79 Å². The Morgan fingerprint density at radius 2 is 1.47 bits per heavy atom. The van der Waals surface area contributed by atoms with Crippen LogP contribution in [-0.2, 0) is 5.41 Å². The summed E-state index contributed by atoms with van der Waals surface area (Å²) in [6.45, 7) is 10.1. The normalized spacial score (nSPS) is 14.4.